The largest absolute Gasteiger partial charge is 0.480 e. The van der Waals surface area contributed by atoms with Gasteiger partial charge in [0.15, 0.2) is 0 Å². The molecule has 18 heavy (non-hydrogen) atoms. The van der Waals surface area contributed by atoms with Gasteiger partial charge < -0.3 is 10.4 Å². The van der Waals surface area contributed by atoms with Crippen LogP contribution in [0.5, 0.6) is 0 Å². The third-order valence-corrected chi connectivity index (χ3v) is 4.57. The van der Waals surface area contributed by atoms with Crippen molar-refractivity contribution in [1.29, 1.82) is 0 Å². The second-order valence-electron chi connectivity index (χ2n) is 4.40. The molecule has 6 heteroatoms. The lowest BCUT2D eigenvalue weighted by atomic mass is 10.1. The van der Waals surface area contributed by atoms with Crippen LogP contribution >= 0.6 is 11.2 Å². The Bertz CT molecular complexity index is 239. The van der Waals surface area contributed by atoms with Crippen LogP contribution in [0.15, 0.2) is 0 Å². The number of unbranched alkanes of at least 4 members (excludes halogenated alkanes) is 5. The van der Waals surface area contributed by atoms with Crippen LogP contribution in [0.2, 0.25) is 0 Å². The first kappa shape index (κ1) is 17.7. The van der Waals surface area contributed by atoms with Crippen molar-refractivity contribution in [3.05, 3.63) is 0 Å². The van der Waals surface area contributed by atoms with Crippen molar-refractivity contribution >= 4 is 32.4 Å². The molecule has 0 atom stereocenters. The summed E-state index contributed by atoms with van der Waals surface area (Å²) in [5, 5.41) is 11.0. The Hall–Kier alpha value is -0.333. The molecule has 2 N–H and O–H groups in total. The normalized spacial score (nSPS) is 10.7. The number of carbonyl (C=O) groups excluding carboxylic acids is 1. The molecule has 0 rings (SSSR count). The van der Waals surface area contributed by atoms with Gasteiger partial charge in [-0.05, 0) is 18.6 Å². The highest BCUT2D eigenvalue weighted by Gasteiger charge is 2.02. The van der Waals surface area contributed by atoms with Crippen LogP contribution in [-0.4, -0.2) is 45.1 Å². The SMILES string of the molecule is O=C(O)CNCC(=O)CCCCCCCCS[SiH3]. The number of rotatable bonds is 13. The molecular formula is C12H25NO3SSi. The Kier molecular flexibility index (Phi) is 12.9. The first-order chi connectivity index (χ1) is 8.66. The van der Waals surface area contributed by atoms with Crippen LogP contribution in [0.1, 0.15) is 44.9 Å². The van der Waals surface area contributed by atoms with Gasteiger partial charge >= 0.3 is 5.97 Å². The molecule has 0 aliphatic carbocycles. The summed E-state index contributed by atoms with van der Waals surface area (Å²) >= 11 is 2.03. The Morgan fingerprint density at radius 1 is 1.00 bits per heavy atom. The topological polar surface area (TPSA) is 66.4 Å². The zero-order valence-electron chi connectivity index (χ0n) is 11.2. The van der Waals surface area contributed by atoms with Crippen molar-refractivity contribution in [2.24, 2.45) is 0 Å². The molecule has 0 spiro atoms. The minimum Gasteiger partial charge on any atom is -0.480 e. The highest BCUT2D eigenvalue weighted by Crippen LogP contribution is 2.08. The maximum absolute atomic E-state index is 11.3. The molecule has 0 saturated heterocycles. The third-order valence-electron chi connectivity index (χ3n) is 2.65. The standard InChI is InChI=1S/C12H25NO3SSi/c14-11(9-13-10-12(15)16)7-5-3-1-2-4-6-8-17-18/h13H,1-10H2,18H3,(H,15,16). The molecule has 0 unspecified atom stereocenters. The van der Waals surface area contributed by atoms with Gasteiger partial charge in [0, 0.05) is 6.42 Å². The fraction of sp³-hybridized carbons (Fsp3) is 0.833. The number of ketones is 1. The molecule has 0 aromatic rings. The van der Waals surface area contributed by atoms with Crippen molar-refractivity contribution in [2.45, 2.75) is 44.9 Å². The Labute approximate surface area is 116 Å². The highest BCUT2D eigenvalue weighted by atomic mass is 32.4. The van der Waals surface area contributed by atoms with Crippen molar-refractivity contribution < 1.29 is 14.7 Å². The first-order valence-corrected chi connectivity index (χ1v) is 10.4. The molecule has 0 radical (unpaired) electrons. The average molecular weight is 291 g/mol. The van der Waals surface area contributed by atoms with Gasteiger partial charge in [-0.3, -0.25) is 9.59 Å². The molecule has 0 aliphatic heterocycles. The number of nitrogens with one attached hydrogen (secondary N) is 1. The molecule has 106 valence electrons. The smallest absolute Gasteiger partial charge is 0.317 e. The molecule has 4 nitrogen and oxygen atoms in total. The monoisotopic (exact) mass is 291 g/mol. The lowest BCUT2D eigenvalue weighted by molar-refractivity contribution is -0.135. The number of Topliss-reactive ketones (excluding diaryl/α,β-unsaturated/α-hetero) is 1. The van der Waals surface area contributed by atoms with Crippen LogP contribution in [0.25, 0.3) is 0 Å². The maximum atomic E-state index is 11.3. The van der Waals surface area contributed by atoms with Crippen molar-refractivity contribution in [3.8, 4) is 0 Å². The van der Waals surface area contributed by atoms with Gasteiger partial charge in [-0.1, -0.05) is 25.7 Å². The predicted molar refractivity (Wildman–Crippen MR) is 80.2 cm³/mol. The number of hydrogen-bond acceptors (Lipinski definition) is 4. The van der Waals surface area contributed by atoms with Gasteiger partial charge in [-0.2, -0.15) is 11.2 Å². The van der Waals surface area contributed by atoms with E-state index in [1.807, 2.05) is 11.2 Å². The summed E-state index contributed by atoms with van der Waals surface area (Å²) in [7, 11) is 1.24. The van der Waals surface area contributed by atoms with Crippen LogP contribution in [-0.2, 0) is 9.59 Å². The van der Waals surface area contributed by atoms with E-state index in [1.54, 1.807) is 0 Å². The van der Waals surface area contributed by atoms with E-state index in [4.69, 9.17) is 5.11 Å². The summed E-state index contributed by atoms with van der Waals surface area (Å²) in [6.07, 6.45) is 7.73. The lowest BCUT2D eigenvalue weighted by Crippen LogP contribution is -2.28. The van der Waals surface area contributed by atoms with Gasteiger partial charge in [0.25, 0.3) is 0 Å². The van der Waals surface area contributed by atoms with E-state index in [2.05, 4.69) is 5.32 Å². The fourth-order valence-electron chi connectivity index (χ4n) is 1.67. The maximum Gasteiger partial charge on any atom is 0.317 e. The van der Waals surface area contributed by atoms with Gasteiger partial charge in [0.05, 0.1) is 22.5 Å². The Balaban J connectivity index is 3.17. The average Bonchev–Trinajstić information content (AvgIpc) is 2.32. The molecule has 0 heterocycles. The number of aliphatic carboxylic acids is 1. The van der Waals surface area contributed by atoms with E-state index in [9.17, 15) is 9.59 Å². The molecule has 0 bridgehead atoms. The van der Waals surface area contributed by atoms with E-state index in [1.165, 1.54) is 40.8 Å². The molecule has 0 amide bonds. The summed E-state index contributed by atoms with van der Waals surface area (Å²) in [6, 6.07) is 0. The Morgan fingerprint density at radius 3 is 2.22 bits per heavy atom. The molecule has 0 aromatic heterocycles. The fourth-order valence-corrected chi connectivity index (χ4v) is 3.03. The Morgan fingerprint density at radius 2 is 1.61 bits per heavy atom. The second-order valence-corrected chi connectivity index (χ2v) is 7.12. The third kappa shape index (κ3) is 13.7. The van der Waals surface area contributed by atoms with Crippen LogP contribution in [0.3, 0.4) is 0 Å². The number of carbonyl (C=O) groups is 2. The number of carboxylic acid groups (broad SMARTS) is 1. The van der Waals surface area contributed by atoms with Gasteiger partial charge in [0.1, 0.15) is 5.78 Å². The molecule has 0 saturated carbocycles. The number of hydrogen-bond donors (Lipinski definition) is 2. The van der Waals surface area contributed by atoms with Crippen LogP contribution < -0.4 is 5.32 Å². The van der Waals surface area contributed by atoms with Crippen molar-refractivity contribution in [3.63, 3.8) is 0 Å². The van der Waals surface area contributed by atoms with E-state index >= 15 is 0 Å². The highest BCUT2D eigenvalue weighted by molar-refractivity contribution is 8.19. The summed E-state index contributed by atoms with van der Waals surface area (Å²) < 4.78 is 0. The minimum absolute atomic E-state index is 0.114. The molecule has 0 aromatic carbocycles. The second kappa shape index (κ2) is 13.1. The molecular weight excluding hydrogens is 266 g/mol. The van der Waals surface area contributed by atoms with Gasteiger partial charge in [-0.15, -0.1) is 0 Å². The van der Waals surface area contributed by atoms with E-state index in [0.29, 0.717) is 6.42 Å². The van der Waals surface area contributed by atoms with Crippen LogP contribution in [0.4, 0.5) is 0 Å². The first-order valence-electron chi connectivity index (χ1n) is 6.60. The predicted octanol–water partition coefficient (Wildman–Crippen LogP) is 0.974. The van der Waals surface area contributed by atoms with E-state index in [0.717, 1.165) is 12.8 Å². The van der Waals surface area contributed by atoms with Crippen molar-refractivity contribution in [1.82, 2.24) is 5.32 Å². The van der Waals surface area contributed by atoms with Crippen molar-refractivity contribution in [2.75, 3.05) is 18.8 Å². The lowest BCUT2D eigenvalue weighted by Gasteiger charge is -2.02. The molecule has 0 aliphatic rings. The van der Waals surface area contributed by atoms with E-state index in [-0.39, 0.29) is 18.9 Å². The minimum atomic E-state index is -0.921. The zero-order chi connectivity index (χ0) is 13.6. The zero-order valence-corrected chi connectivity index (χ0v) is 14.1. The van der Waals surface area contributed by atoms with E-state index < -0.39 is 5.97 Å². The number of carboxylic acids is 1. The van der Waals surface area contributed by atoms with Gasteiger partial charge in [0.2, 0.25) is 0 Å². The summed E-state index contributed by atoms with van der Waals surface area (Å²) in [6.45, 7) is 0.0496. The quantitative estimate of drug-likeness (QED) is 0.391. The summed E-state index contributed by atoms with van der Waals surface area (Å²) in [5.41, 5.74) is 0. The molecule has 0 fully saturated rings. The summed E-state index contributed by atoms with van der Waals surface area (Å²) in [4.78, 5) is 21.6. The van der Waals surface area contributed by atoms with Gasteiger partial charge in [-0.25, -0.2) is 0 Å². The van der Waals surface area contributed by atoms with Crippen LogP contribution in [0, 0.1) is 0 Å². The summed E-state index contributed by atoms with van der Waals surface area (Å²) in [5.74, 6) is 0.499.